The molecule has 19 heavy (non-hydrogen) atoms. The van der Waals surface area contributed by atoms with Crippen LogP contribution in [0.1, 0.15) is 36.8 Å². The highest BCUT2D eigenvalue weighted by atomic mass is 16.2. The van der Waals surface area contributed by atoms with E-state index in [0.29, 0.717) is 6.54 Å². The lowest BCUT2D eigenvalue weighted by atomic mass is 9.90. The maximum Gasteiger partial charge on any atom is 0.229 e. The fourth-order valence-electron chi connectivity index (χ4n) is 2.49. The van der Waals surface area contributed by atoms with Gasteiger partial charge in [-0.2, -0.15) is 0 Å². The summed E-state index contributed by atoms with van der Waals surface area (Å²) in [6, 6.07) is 7.92. The van der Waals surface area contributed by atoms with Gasteiger partial charge in [-0.05, 0) is 17.5 Å². The van der Waals surface area contributed by atoms with E-state index >= 15 is 0 Å². The van der Waals surface area contributed by atoms with E-state index in [1.54, 1.807) is 0 Å². The molecule has 2 atom stereocenters. The van der Waals surface area contributed by atoms with Crippen LogP contribution in [0.15, 0.2) is 24.3 Å². The van der Waals surface area contributed by atoms with Crippen molar-refractivity contribution in [2.24, 2.45) is 0 Å². The van der Waals surface area contributed by atoms with Gasteiger partial charge in [-0.3, -0.25) is 4.79 Å². The van der Waals surface area contributed by atoms with Gasteiger partial charge in [0.1, 0.15) is 0 Å². The third-order valence-corrected chi connectivity index (χ3v) is 3.51. The van der Waals surface area contributed by atoms with Crippen molar-refractivity contribution in [1.82, 2.24) is 10.6 Å². The second kappa shape index (κ2) is 6.40. The van der Waals surface area contributed by atoms with Crippen molar-refractivity contribution in [3.05, 3.63) is 35.4 Å². The summed E-state index contributed by atoms with van der Waals surface area (Å²) in [5.41, 5.74) is 2.31. The van der Waals surface area contributed by atoms with Crippen LogP contribution in [0.2, 0.25) is 0 Å². The third-order valence-electron chi connectivity index (χ3n) is 3.51. The molecule has 0 saturated carbocycles. The van der Waals surface area contributed by atoms with Crippen LogP contribution in [0, 0.1) is 12.3 Å². The predicted molar refractivity (Wildman–Crippen MR) is 76.6 cm³/mol. The van der Waals surface area contributed by atoms with Crippen LogP contribution >= 0.6 is 0 Å². The van der Waals surface area contributed by atoms with E-state index in [1.165, 1.54) is 5.56 Å². The molecule has 1 aromatic carbocycles. The van der Waals surface area contributed by atoms with Gasteiger partial charge in [-0.15, -0.1) is 6.42 Å². The predicted octanol–water partition coefficient (Wildman–Crippen LogP) is 1.79. The van der Waals surface area contributed by atoms with Crippen molar-refractivity contribution in [1.29, 1.82) is 0 Å². The minimum Gasteiger partial charge on any atom is -0.342 e. The van der Waals surface area contributed by atoms with Crippen LogP contribution in [-0.2, 0) is 11.3 Å². The Morgan fingerprint density at radius 1 is 1.58 bits per heavy atom. The molecule has 100 valence electrons. The van der Waals surface area contributed by atoms with Crippen molar-refractivity contribution in [2.75, 3.05) is 6.54 Å². The lowest BCUT2D eigenvalue weighted by Gasteiger charge is -2.26. The van der Waals surface area contributed by atoms with E-state index in [2.05, 4.69) is 29.5 Å². The molecule has 0 radical (unpaired) electrons. The first-order valence-electron chi connectivity index (χ1n) is 6.81. The monoisotopic (exact) mass is 256 g/mol. The number of rotatable bonds is 4. The summed E-state index contributed by atoms with van der Waals surface area (Å²) in [5.74, 6) is 2.53. The van der Waals surface area contributed by atoms with Gasteiger partial charge in [0, 0.05) is 13.1 Å². The summed E-state index contributed by atoms with van der Waals surface area (Å²) in [6.07, 6.45) is 7.24. The molecule has 1 aliphatic heterocycles. The van der Waals surface area contributed by atoms with Gasteiger partial charge in [0.2, 0.25) is 5.91 Å². The molecule has 1 amide bonds. The third kappa shape index (κ3) is 3.15. The topological polar surface area (TPSA) is 41.1 Å². The normalized spacial score (nSPS) is 19.1. The fourth-order valence-corrected chi connectivity index (χ4v) is 2.49. The average Bonchev–Trinajstić information content (AvgIpc) is 2.46. The number of nitrogens with one attached hydrogen (secondary N) is 2. The molecular weight excluding hydrogens is 236 g/mol. The smallest absolute Gasteiger partial charge is 0.229 e. The first kappa shape index (κ1) is 13.6. The number of hydrogen-bond acceptors (Lipinski definition) is 2. The van der Waals surface area contributed by atoms with Crippen molar-refractivity contribution in [3.8, 4) is 12.3 Å². The van der Waals surface area contributed by atoms with Crippen LogP contribution in [0.25, 0.3) is 0 Å². The van der Waals surface area contributed by atoms with E-state index in [-0.39, 0.29) is 17.9 Å². The summed E-state index contributed by atoms with van der Waals surface area (Å²) in [5, 5.41) is 6.25. The fraction of sp³-hybridized carbons (Fsp3) is 0.438. The quantitative estimate of drug-likeness (QED) is 0.806. The molecule has 2 unspecified atom stereocenters. The van der Waals surface area contributed by atoms with Crippen LogP contribution in [0.3, 0.4) is 0 Å². The Bertz CT molecular complexity index is 490. The summed E-state index contributed by atoms with van der Waals surface area (Å²) in [6.45, 7) is 3.56. The van der Waals surface area contributed by atoms with Gasteiger partial charge < -0.3 is 10.6 Å². The highest BCUT2D eigenvalue weighted by molar-refractivity contribution is 5.85. The molecule has 0 spiro atoms. The van der Waals surface area contributed by atoms with Crippen molar-refractivity contribution in [2.45, 2.75) is 38.3 Å². The molecule has 0 saturated heterocycles. The number of carbonyl (C=O) groups is 1. The molecule has 1 aliphatic rings. The lowest BCUT2D eigenvalue weighted by Crippen LogP contribution is -2.42. The van der Waals surface area contributed by atoms with Crippen LogP contribution in [-0.4, -0.2) is 18.5 Å². The molecule has 0 aliphatic carbocycles. The number of fused-ring (bicyclic) bond motifs is 1. The molecule has 0 bridgehead atoms. The Hall–Kier alpha value is -1.79. The summed E-state index contributed by atoms with van der Waals surface area (Å²) in [4.78, 5) is 12.4. The highest BCUT2D eigenvalue weighted by Gasteiger charge is 2.26. The Labute approximate surface area is 114 Å². The van der Waals surface area contributed by atoms with Gasteiger partial charge in [0.15, 0.2) is 0 Å². The largest absolute Gasteiger partial charge is 0.342 e. The maximum absolute atomic E-state index is 12.4. The number of amides is 1. The van der Waals surface area contributed by atoms with Crippen molar-refractivity contribution >= 4 is 5.91 Å². The van der Waals surface area contributed by atoms with Gasteiger partial charge in [-0.1, -0.05) is 43.5 Å². The number of terminal acetylenes is 1. The van der Waals surface area contributed by atoms with Crippen LogP contribution < -0.4 is 10.6 Å². The Balaban J connectivity index is 2.11. The molecule has 2 N–H and O–H groups in total. The average molecular weight is 256 g/mol. The zero-order valence-electron chi connectivity index (χ0n) is 11.3. The number of benzene rings is 1. The molecule has 0 aromatic heterocycles. The maximum atomic E-state index is 12.4. The minimum atomic E-state index is -0.161. The summed E-state index contributed by atoms with van der Waals surface area (Å²) < 4.78 is 0. The zero-order valence-corrected chi connectivity index (χ0v) is 11.3. The second-order valence-corrected chi connectivity index (χ2v) is 4.90. The SMILES string of the molecule is C#CC(CCC)NC(=O)C1CNCc2ccccc21. The zero-order chi connectivity index (χ0) is 13.7. The highest BCUT2D eigenvalue weighted by Crippen LogP contribution is 2.24. The van der Waals surface area contributed by atoms with E-state index in [4.69, 9.17) is 6.42 Å². The lowest BCUT2D eigenvalue weighted by molar-refractivity contribution is -0.123. The van der Waals surface area contributed by atoms with E-state index < -0.39 is 0 Å². The number of carbonyl (C=O) groups excluding carboxylic acids is 1. The van der Waals surface area contributed by atoms with Crippen LogP contribution in [0.5, 0.6) is 0 Å². The van der Waals surface area contributed by atoms with E-state index in [9.17, 15) is 4.79 Å². The molecule has 1 aromatic rings. The molecule has 0 fully saturated rings. The minimum absolute atomic E-state index is 0.0241. The Morgan fingerprint density at radius 2 is 2.37 bits per heavy atom. The van der Waals surface area contributed by atoms with E-state index in [0.717, 1.165) is 24.9 Å². The second-order valence-electron chi connectivity index (χ2n) is 4.90. The molecular formula is C16H20N2O. The van der Waals surface area contributed by atoms with Gasteiger partial charge in [-0.25, -0.2) is 0 Å². The molecule has 3 heteroatoms. The Kier molecular flexibility index (Phi) is 4.59. The van der Waals surface area contributed by atoms with E-state index in [1.807, 2.05) is 18.2 Å². The molecule has 3 nitrogen and oxygen atoms in total. The first-order chi connectivity index (χ1) is 9.26. The van der Waals surface area contributed by atoms with Crippen LogP contribution in [0.4, 0.5) is 0 Å². The van der Waals surface area contributed by atoms with Crippen molar-refractivity contribution < 1.29 is 4.79 Å². The molecule has 1 heterocycles. The van der Waals surface area contributed by atoms with Gasteiger partial charge in [0.25, 0.3) is 0 Å². The summed E-state index contributed by atoms with van der Waals surface area (Å²) >= 11 is 0. The van der Waals surface area contributed by atoms with Gasteiger partial charge >= 0.3 is 0 Å². The first-order valence-corrected chi connectivity index (χ1v) is 6.81. The Morgan fingerprint density at radius 3 is 3.11 bits per heavy atom. The standard InChI is InChI=1S/C16H20N2O/c1-3-7-13(4-2)18-16(19)15-11-17-10-12-8-5-6-9-14(12)15/h2,5-6,8-9,13,15,17H,3,7,10-11H2,1H3,(H,18,19). The van der Waals surface area contributed by atoms with Gasteiger partial charge in [0.05, 0.1) is 12.0 Å². The van der Waals surface area contributed by atoms with Crippen molar-refractivity contribution in [3.63, 3.8) is 0 Å². The number of hydrogen-bond donors (Lipinski definition) is 2. The molecule has 2 rings (SSSR count). The summed E-state index contributed by atoms with van der Waals surface area (Å²) in [7, 11) is 0.